The molecule has 2 heterocycles. The topological polar surface area (TPSA) is 37.6 Å². The first-order chi connectivity index (χ1) is 12.0. The molecule has 0 atom stereocenters. The van der Waals surface area contributed by atoms with Crippen molar-refractivity contribution in [2.45, 2.75) is 33.6 Å². The number of halogens is 1. The minimum atomic E-state index is -0.0497. The van der Waals surface area contributed by atoms with Gasteiger partial charge in [0.05, 0.1) is 10.7 Å². The quantitative estimate of drug-likeness (QED) is 0.651. The number of anilines is 1. The molecule has 0 aliphatic rings. The van der Waals surface area contributed by atoms with Crippen molar-refractivity contribution in [1.29, 1.82) is 0 Å². The number of carbonyl (C=O) groups is 1. The first kappa shape index (κ1) is 17.5. The zero-order chi connectivity index (χ0) is 18.0. The van der Waals surface area contributed by atoms with Gasteiger partial charge in [0.1, 0.15) is 11.3 Å². The number of rotatable bonds is 5. The van der Waals surface area contributed by atoms with Crippen LogP contribution in [0.15, 0.2) is 42.6 Å². The summed E-state index contributed by atoms with van der Waals surface area (Å²) in [5.41, 5.74) is 4.19. The number of pyridine rings is 1. The van der Waals surface area contributed by atoms with Crippen LogP contribution in [0.3, 0.4) is 0 Å². The third-order valence-corrected chi connectivity index (χ3v) is 4.44. The first-order valence-electron chi connectivity index (χ1n) is 8.60. The Balaban J connectivity index is 2.14. The predicted octanol–water partition coefficient (Wildman–Crippen LogP) is 4.92. The van der Waals surface area contributed by atoms with E-state index in [1.54, 1.807) is 17.2 Å². The fourth-order valence-electron chi connectivity index (χ4n) is 3.07. The van der Waals surface area contributed by atoms with Gasteiger partial charge in [0.2, 0.25) is 0 Å². The zero-order valence-corrected chi connectivity index (χ0v) is 15.5. The fraction of sp³-hybridized carbons (Fsp3) is 0.300. The van der Waals surface area contributed by atoms with E-state index < -0.39 is 0 Å². The van der Waals surface area contributed by atoms with E-state index in [1.807, 2.05) is 48.6 Å². The third kappa shape index (κ3) is 3.40. The van der Waals surface area contributed by atoms with Gasteiger partial charge in [-0.2, -0.15) is 0 Å². The van der Waals surface area contributed by atoms with Crippen molar-refractivity contribution in [3.8, 4) is 0 Å². The van der Waals surface area contributed by atoms with Crippen LogP contribution in [0.2, 0.25) is 5.02 Å². The van der Waals surface area contributed by atoms with Crippen LogP contribution in [-0.2, 0) is 6.42 Å². The average molecular weight is 356 g/mol. The average Bonchev–Trinajstić information content (AvgIpc) is 2.93. The Bertz CT molecular complexity index is 916. The van der Waals surface area contributed by atoms with Crippen LogP contribution in [-0.4, -0.2) is 21.8 Å². The molecule has 130 valence electrons. The number of aromatic nitrogens is 2. The van der Waals surface area contributed by atoms with Gasteiger partial charge in [-0.15, -0.1) is 0 Å². The van der Waals surface area contributed by atoms with E-state index in [-0.39, 0.29) is 5.91 Å². The second kappa shape index (κ2) is 7.28. The van der Waals surface area contributed by atoms with E-state index in [9.17, 15) is 4.79 Å². The van der Waals surface area contributed by atoms with Crippen LogP contribution in [0.4, 0.5) is 5.69 Å². The molecule has 4 nitrogen and oxygen atoms in total. The molecule has 0 unspecified atom stereocenters. The SMILES string of the molecule is CCCc1nc2ccc(Cl)cn2c1C(=O)N(CC)c1cccc(C)c1. The predicted molar refractivity (Wildman–Crippen MR) is 103 cm³/mol. The number of benzene rings is 1. The highest BCUT2D eigenvalue weighted by Gasteiger charge is 2.24. The molecular weight excluding hydrogens is 334 g/mol. The van der Waals surface area contributed by atoms with Gasteiger partial charge in [-0.1, -0.05) is 37.1 Å². The lowest BCUT2D eigenvalue weighted by atomic mass is 10.1. The Morgan fingerprint density at radius 3 is 2.72 bits per heavy atom. The summed E-state index contributed by atoms with van der Waals surface area (Å²) < 4.78 is 1.81. The van der Waals surface area contributed by atoms with E-state index in [0.29, 0.717) is 17.3 Å². The standard InChI is InChI=1S/C20H22ClN3O/c1-4-7-17-19(24-13-15(21)10-11-18(24)22-17)20(25)23(5-2)16-9-6-8-14(3)12-16/h6,8-13H,4-5,7H2,1-3H3. The number of imidazole rings is 1. The minimum absolute atomic E-state index is 0.0497. The molecular formula is C20H22ClN3O. The summed E-state index contributed by atoms with van der Waals surface area (Å²) in [6, 6.07) is 11.6. The molecule has 1 aromatic carbocycles. The Labute approximate surface area is 153 Å². The minimum Gasteiger partial charge on any atom is -0.307 e. The van der Waals surface area contributed by atoms with Crippen LogP contribution in [0.25, 0.3) is 5.65 Å². The molecule has 3 rings (SSSR count). The number of hydrogen-bond donors (Lipinski definition) is 0. The van der Waals surface area contributed by atoms with E-state index in [0.717, 1.165) is 35.4 Å². The number of carbonyl (C=O) groups excluding carboxylic acids is 1. The lowest BCUT2D eigenvalue weighted by Crippen LogP contribution is -2.32. The van der Waals surface area contributed by atoms with Crippen LogP contribution in [0, 0.1) is 6.92 Å². The molecule has 3 aromatic rings. The van der Waals surface area contributed by atoms with E-state index in [2.05, 4.69) is 11.9 Å². The molecule has 0 N–H and O–H groups in total. The lowest BCUT2D eigenvalue weighted by molar-refractivity contribution is 0.0981. The maximum absolute atomic E-state index is 13.4. The van der Waals surface area contributed by atoms with Crippen LogP contribution < -0.4 is 4.90 Å². The van der Waals surface area contributed by atoms with Crippen LogP contribution in [0.1, 0.15) is 42.0 Å². The number of aryl methyl sites for hydroxylation is 2. The van der Waals surface area contributed by atoms with Gasteiger partial charge in [-0.05, 0) is 50.1 Å². The van der Waals surface area contributed by atoms with Gasteiger partial charge in [-0.3, -0.25) is 9.20 Å². The summed E-state index contributed by atoms with van der Waals surface area (Å²) in [7, 11) is 0. The molecule has 5 heteroatoms. The monoisotopic (exact) mass is 355 g/mol. The van der Waals surface area contributed by atoms with Crippen molar-refractivity contribution < 1.29 is 4.79 Å². The molecule has 0 saturated heterocycles. The molecule has 0 radical (unpaired) electrons. The summed E-state index contributed by atoms with van der Waals surface area (Å²) in [5.74, 6) is -0.0497. The van der Waals surface area contributed by atoms with Gasteiger partial charge in [0.25, 0.3) is 5.91 Å². The van der Waals surface area contributed by atoms with Crippen molar-refractivity contribution in [3.63, 3.8) is 0 Å². The molecule has 0 aliphatic heterocycles. The molecule has 0 saturated carbocycles. The van der Waals surface area contributed by atoms with Crippen molar-refractivity contribution in [1.82, 2.24) is 9.38 Å². The maximum Gasteiger partial charge on any atom is 0.277 e. The van der Waals surface area contributed by atoms with E-state index >= 15 is 0 Å². The van der Waals surface area contributed by atoms with Crippen molar-refractivity contribution in [2.24, 2.45) is 0 Å². The Hall–Kier alpha value is -2.33. The molecule has 0 spiro atoms. The van der Waals surface area contributed by atoms with Crippen LogP contribution >= 0.6 is 11.6 Å². The molecule has 0 aliphatic carbocycles. The normalized spacial score (nSPS) is 11.0. The Morgan fingerprint density at radius 1 is 1.24 bits per heavy atom. The number of amides is 1. The maximum atomic E-state index is 13.4. The molecule has 0 fully saturated rings. The summed E-state index contributed by atoms with van der Waals surface area (Å²) in [6.07, 6.45) is 3.45. The highest BCUT2D eigenvalue weighted by molar-refractivity contribution is 6.30. The van der Waals surface area contributed by atoms with Gasteiger partial charge in [-0.25, -0.2) is 4.98 Å². The highest BCUT2D eigenvalue weighted by Crippen LogP contribution is 2.23. The molecule has 1 amide bonds. The zero-order valence-electron chi connectivity index (χ0n) is 14.8. The van der Waals surface area contributed by atoms with E-state index in [4.69, 9.17) is 11.6 Å². The van der Waals surface area contributed by atoms with Crippen molar-refractivity contribution in [3.05, 3.63) is 64.6 Å². The lowest BCUT2D eigenvalue weighted by Gasteiger charge is -2.22. The smallest absolute Gasteiger partial charge is 0.277 e. The number of nitrogens with zero attached hydrogens (tertiary/aromatic N) is 3. The molecule has 0 bridgehead atoms. The van der Waals surface area contributed by atoms with Crippen LogP contribution in [0.5, 0.6) is 0 Å². The van der Waals surface area contributed by atoms with Gasteiger partial charge < -0.3 is 4.90 Å². The first-order valence-corrected chi connectivity index (χ1v) is 8.98. The van der Waals surface area contributed by atoms with E-state index in [1.165, 1.54) is 0 Å². The van der Waals surface area contributed by atoms with Crippen molar-refractivity contribution in [2.75, 3.05) is 11.4 Å². The Kier molecular flexibility index (Phi) is 5.09. The largest absolute Gasteiger partial charge is 0.307 e. The number of fused-ring (bicyclic) bond motifs is 1. The molecule has 25 heavy (non-hydrogen) atoms. The second-order valence-electron chi connectivity index (χ2n) is 6.12. The Morgan fingerprint density at radius 2 is 2.04 bits per heavy atom. The van der Waals surface area contributed by atoms with Gasteiger partial charge in [0.15, 0.2) is 0 Å². The summed E-state index contributed by atoms with van der Waals surface area (Å²) >= 11 is 6.16. The fourth-order valence-corrected chi connectivity index (χ4v) is 3.23. The summed E-state index contributed by atoms with van der Waals surface area (Å²) in [6.45, 7) is 6.68. The second-order valence-corrected chi connectivity index (χ2v) is 6.56. The third-order valence-electron chi connectivity index (χ3n) is 4.22. The van der Waals surface area contributed by atoms with Crippen molar-refractivity contribution >= 4 is 28.8 Å². The number of hydrogen-bond acceptors (Lipinski definition) is 2. The highest BCUT2D eigenvalue weighted by atomic mass is 35.5. The van der Waals surface area contributed by atoms with Gasteiger partial charge in [0, 0.05) is 18.4 Å². The summed E-state index contributed by atoms with van der Waals surface area (Å²) in [5, 5.41) is 0.584. The van der Waals surface area contributed by atoms with Gasteiger partial charge >= 0.3 is 0 Å². The summed E-state index contributed by atoms with van der Waals surface area (Å²) in [4.78, 5) is 19.8. The molecule has 2 aromatic heterocycles.